The quantitative estimate of drug-likeness (QED) is 0.0704. The highest BCUT2D eigenvalue weighted by Gasteiger charge is 2.27. The summed E-state index contributed by atoms with van der Waals surface area (Å²) < 4.78 is 119. The molecule has 3 N–H and O–H groups in total. The van der Waals surface area contributed by atoms with Crippen LogP contribution in [0.3, 0.4) is 0 Å². The maximum Gasteiger partial charge on any atom is 0.355 e. The number of anilines is 2. The first-order valence-electron chi connectivity index (χ1n) is 13.5. The van der Waals surface area contributed by atoms with E-state index in [-0.39, 0.29) is 68.4 Å². The second kappa shape index (κ2) is 20.2. The van der Waals surface area contributed by atoms with Crippen LogP contribution in [0.5, 0.6) is 11.8 Å². The molecular weight excluding hydrogens is 908 g/mol. The van der Waals surface area contributed by atoms with E-state index < -0.39 is 42.3 Å². The lowest BCUT2D eigenvalue weighted by Gasteiger charge is -2.13. The van der Waals surface area contributed by atoms with Gasteiger partial charge in [-0.05, 0) is 57.0 Å². The lowest BCUT2D eigenvalue weighted by Crippen LogP contribution is -2.22. The zero-order valence-electron chi connectivity index (χ0n) is 26.3. The minimum Gasteiger partial charge on any atom is -0.481 e. The van der Waals surface area contributed by atoms with Crippen molar-refractivity contribution in [1.82, 2.24) is 19.9 Å². The predicted molar refractivity (Wildman–Crippen MR) is 196 cm³/mol. The van der Waals surface area contributed by atoms with E-state index in [9.17, 15) is 43.8 Å². The van der Waals surface area contributed by atoms with Gasteiger partial charge in [-0.1, -0.05) is 59.1 Å². The van der Waals surface area contributed by atoms with E-state index >= 15 is 0 Å². The zero-order chi connectivity index (χ0) is 40.3. The third-order valence-corrected chi connectivity index (χ3v) is 8.51. The van der Waals surface area contributed by atoms with E-state index in [2.05, 4.69) is 53.7 Å². The summed E-state index contributed by atoms with van der Waals surface area (Å²) in [5, 5.41) is -3.21. The fraction of sp³-hybridized carbons (Fsp3) is 0.231. The van der Waals surface area contributed by atoms with Crippen molar-refractivity contribution in [3.63, 3.8) is 0 Å². The number of ether oxygens (including phenoxy) is 2. The molecule has 27 heteroatoms. The van der Waals surface area contributed by atoms with Crippen molar-refractivity contribution in [2.45, 2.75) is 24.4 Å². The molecule has 0 spiro atoms. The van der Waals surface area contributed by atoms with E-state index in [0.717, 1.165) is 6.07 Å². The van der Waals surface area contributed by atoms with E-state index in [4.69, 9.17) is 44.3 Å². The molecule has 0 fully saturated rings. The lowest BCUT2D eigenvalue weighted by atomic mass is 10.1. The maximum absolute atomic E-state index is 12.6. The van der Waals surface area contributed by atoms with Crippen molar-refractivity contribution >= 4 is 105 Å². The fourth-order valence-corrected chi connectivity index (χ4v) is 5.70. The minimum atomic E-state index is -4.89. The van der Waals surface area contributed by atoms with Crippen molar-refractivity contribution < 1.29 is 48.4 Å². The average molecular weight is 931 g/mol. The smallest absolute Gasteiger partial charge is 0.355 e. The minimum absolute atomic E-state index is 0.00142. The van der Waals surface area contributed by atoms with Gasteiger partial charge >= 0.3 is 16.7 Å². The Hall–Kier alpha value is -2.81. The summed E-state index contributed by atoms with van der Waals surface area (Å²) in [5.74, 6) is -6.58. The molecular formula is C26H23Cl6F4N6O8PS2. The van der Waals surface area contributed by atoms with E-state index in [1.165, 1.54) is 50.6 Å². The molecule has 14 nitrogen and oxygen atoms in total. The molecule has 0 aliphatic heterocycles. The van der Waals surface area contributed by atoms with Crippen LogP contribution in [-0.4, -0.2) is 62.5 Å². The number of nitrogens with zero attached hydrogens (tertiary/aromatic N) is 3. The number of rotatable bonds is 12. The number of halogens is 10. The summed E-state index contributed by atoms with van der Waals surface area (Å²) in [7, 11) is -7.04. The van der Waals surface area contributed by atoms with Gasteiger partial charge in [-0.3, -0.25) is 18.8 Å². The Bertz CT molecular complexity index is 2220. The number of nitrogens with one attached hydrogen (secondary N) is 3. The number of aromatic nitrogens is 4. The van der Waals surface area contributed by atoms with Crippen LogP contribution in [0, 0.1) is 0 Å². The molecule has 0 radical (unpaired) electrons. The lowest BCUT2D eigenvalue weighted by molar-refractivity contribution is 0.235. The summed E-state index contributed by atoms with van der Waals surface area (Å²) in [4.78, 5) is 26.0. The van der Waals surface area contributed by atoms with Crippen LogP contribution in [0.1, 0.15) is 22.8 Å². The largest absolute Gasteiger partial charge is 0.481 e. The molecule has 0 saturated carbocycles. The Morgan fingerprint density at radius 2 is 1.19 bits per heavy atom. The highest BCUT2D eigenvalue weighted by molar-refractivity contribution is 8.24. The molecule has 292 valence electrons. The number of methoxy groups -OCH3 is 2. The number of aromatic amines is 1. The van der Waals surface area contributed by atoms with E-state index in [1.54, 1.807) is 15.5 Å². The second-order valence-electron chi connectivity index (χ2n) is 9.50. The molecule has 0 unspecified atom stereocenters. The zero-order valence-corrected chi connectivity index (χ0v) is 33.4. The third-order valence-electron chi connectivity index (χ3n) is 5.77. The summed E-state index contributed by atoms with van der Waals surface area (Å²) in [5.41, 5.74) is -0.292. The van der Waals surface area contributed by atoms with Crippen LogP contribution >= 0.6 is 73.7 Å². The molecule has 0 atom stereocenters. The summed E-state index contributed by atoms with van der Waals surface area (Å²) in [6, 6.07) is 11.3. The Morgan fingerprint density at radius 1 is 0.755 bits per heavy atom. The number of para-hydroxylation sites is 2. The van der Waals surface area contributed by atoms with Gasteiger partial charge in [0.15, 0.2) is 0 Å². The van der Waals surface area contributed by atoms with Gasteiger partial charge in [0.2, 0.25) is 11.8 Å². The fourth-order valence-electron chi connectivity index (χ4n) is 3.68. The van der Waals surface area contributed by atoms with E-state index in [1.807, 2.05) is 0 Å². The van der Waals surface area contributed by atoms with Gasteiger partial charge in [-0.25, -0.2) is 21.8 Å². The summed E-state index contributed by atoms with van der Waals surface area (Å²) in [6.07, 6.45) is -0.0628. The molecule has 2 heterocycles. The monoisotopic (exact) mass is 928 g/mol. The van der Waals surface area contributed by atoms with Gasteiger partial charge < -0.3 is 14.5 Å². The van der Waals surface area contributed by atoms with Crippen molar-refractivity contribution in [3.8, 4) is 11.8 Å². The number of hydrogen-bond acceptors (Lipinski definition) is 11. The molecule has 2 aromatic carbocycles. The number of benzene rings is 2. The van der Waals surface area contributed by atoms with Gasteiger partial charge in [0, 0.05) is 18.9 Å². The Labute approximate surface area is 328 Å². The van der Waals surface area contributed by atoms with Crippen LogP contribution in [0.25, 0.3) is 0 Å². The molecule has 2 aromatic heterocycles. The summed E-state index contributed by atoms with van der Waals surface area (Å²) in [6.45, 7) is 0. The maximum atomic E-state index is 12.6. The Kier molecular flexibility index (Phi) is 17.7. The van der Waals surface area contributed by atoms with Gasteiger partial charge in [0.25, 0.3) is 25.6 Å². The molecule has 0 saturated heterocycles. The van der Waals surface area contributed by atoms with Gasteiger partial charge in [-0.2, -0.15) is 27.5 Å². The number of alkyl halides is 4. The first-order chi connectivity index (χ1) is 24.4. The van der Waals surface area contributed by atoms with E-state index in [0.29, 0.717) is 5.56 Å². The number of sulfonamides is 2. The normalized spacial score (nSPS) is 11.6. The topological polar surface area (TPSA) is 199 Å². The molecule has 0 bridgehead atoms. The molecule has 4 rings (SSSR count). The van der Waals surface area contributed by atoms with Gasteiger partial charge in [-0.15, -0.1) is 0 Å². The van der Waals surface area contributed by atoms with Crippen LogP contribution in [0.4, 0.5) is 28.9 Å². The molecule has 53 heavy (non-hydrogen) atoms. The average Bonchev–Trinajstić information content (AvgIpc) is 3.03. The predicted octanol–water partition coefficient (Wildman–Crippen LogP) is 8.15. The first kappa shape index (κ1) is 46.3. The SMILES string of the molecule is COc1cc(=O)[nH]c(Cc2cccc(Cl)c2NS(=O)(=O)C(F)F)n1.COc1cc(Cl)nc(Cc2cccc(Cl)c2NS(=O)(=O)C(F)F)n1.O=P(Cl)(Cl)Cl. The molecule has 0 aliphatic carbocycles. The Morgan fingerprint density at radius 3 is 1.62 bits per heavy atom. The van der Waals surface area contributed by atoms with Crippen molar-refractivity contribution in [3.05, 3.63) is 96.9 Å². The molecule has 4 aromatic rings. The Balaban J connectivity index is 0.000000325. The van der Waals surface area contributed by atoms with Crippen molar-refractivity contribution in [2.24, 2.45) is 0 Å². The highest BCUT2D eigenvalue weighted by atomic mass is 36.0. The molecule has 0 amide bonds. The highest BCUT2D eigenvalue weighted by Crippen LogP contribution is 2.61. The van der Waals surface area contributed by atoms with Gasteiger partial charge in [0.1, 0.15) is 16.8 Å². The molecule has 0 aliphatic rings. The second-order valence-corrected chi connectivity index (χ2v) is 20.6. The van der Waals surface area contributed by atoms with Crippen LogP contribution in [-0.2, 0) is 37.5 Å². The first-order valence-corrected chi connectivity index (χ1v) is 22.2. The van der Waals surface area contributed by atoms with Crippen molar-refractivity contribution in [1.29, 1.82) is 0 Å². The summed E-state index contributed by atoms with van der Waals surface area (Å²) >= 11 is 31.5. The number of hydrogen-bond donors (Lipinski definition) is 3. The van der Waals surface area contributed by atoms with Gasteiger partial charge in [0.05, 0.1) is 41.7 Å². The third kappa shape index (κ3) is 15.8. The van der Waals surface area contributed by atoms with Crippen LogP contribution < -0.4 is 24.5 Å². The van der Waals surface area contributed by atoms with Crippen molar-refractivity contribution in [2.75, 3.05) is 23.7 Å². The standard InChI is InChI=1S/C13H11Cl2F2N3O3S.C13H12ClF2N3O4S.Cl3OP/c1-23-11-6-9(15)18-10(19-11)5-7-3-2-4-8(14)12(7)20-24(21,22)13(16)17;1-23-11-6-10(20)17-9(18-11)5-7-3-2-4-8(14)12(7)19-24(21,22)13(15)16;1-5(2,3)4/h2-4,6,13,20H,5H2,1H3;2-4,6,13,19H,5H2,1H3,(H,17,18,20);. The van der Waals surface area contributed by atoms with Crippen LogP contribution in [0.15, 0.2) is 53.3 Å². The number of H-pyrrole nitrogens is 1. The van der Waals surface area contributed by atoms with Crippen LogP contribution in [0.2, 0.25) is 15.2 Å².